The molecule has 148 valence electrons. The summed E-state index contributed by atoms with van der Waals surface area (Å²) in [5, 5.41) is 31.0. The van der Waals surface area contributed by atoms with Crippen LogP contribution in [-0.2, 0) is 0 Å². The summed E-state index contributed by atoms with van der Waals surface area (Å²) >= 11 is 0. The molecular formula is C20H26N6O2. The van der Waals surface area contributed by atoms with E-state index in [2.05, 4.69) is 25.6 Å². The summed E-state index contributed by atoms with van der Waals surface area (Å²) in [4.78, 5) is 6.71. The van der Waals surface area contributed by atoms with E-state index >= 15 is 0 Å². The lowest BCUT2D eigenvalue weighted by Crippen LogP contribution is -2.32. The SMILES string of the molecule is Cc1ccc(Nc2ncnn3cc([C@H](O)NCCN4CCCC4)cc23)cc1O. The monoisotopic (exact) mass is 382 g/mol. The van der Waals surface area contributed by atoms with Crippen LogP contribution in [-0.4, -0.2) is 55.9 Å². The van der Waals surface area contributed by atoms with Gasteiger partial charge in [0.1, 0.15) is 23.8 Å². The minimum atomic E-state index is -0.763. The number of rotatable bonds is 7. The van der Waals surface area contributed by atoms with Crippen molar-refractivity contribution in [1.29, 1.82) is 0 Å². The van der Waals surface area contributed by atoms with Crippen LogP contribution >= 0.6 is 0 Å². The molecule has 1 atom stereocenters. The van der Waals surface area contributed by atoms with E-state index in [1.807, 2.05) is 25.1 Å². The number of hydrogen-bond donors (Lipinski definition) is 4. The summed E-state index contributed by atoms with van der Waals surface area (Å²) in [6.45, 7) is 5.81. The Morgan fingerprint density at radius 1 is 1.21 bits per heavy atom. The highest BCUT2D eigenvalue weighted by Gasteiger charge is 2.15. The second-order valence-corrected chi connectivity index (χ2v) is 7.24. The second-order valence-electron chi connectivity index (χ2n) is 7.24. The molecule has 0 unspecified atom stereocenters. The molecule has 4 N–H and O–H groups in total. The third-order valence-corrected chi connectivity index (χ3v) is 5.18. The molecule has 0 amide bonds. The van der Waals surface area contributed by atoms with E-state index in [-0.39, 0.29) is 5.75 Å². The highest BCUT2D eigenvalue weighted by Crippen LogP contribution is 2.26. The molecule has 1 aliphatic rings. The molecule has 3 heterocycles. The van der Waals surface area contributed by atoms with Gasteiger partial charge in [0.05, 0.1) is 0 Å². The van der Waals surface area contributed by atoms with Crippen molar-refractivity contribution < 1.29 is 10.2 Å². The number of nitrogens with one attached hydrogen (secondary N) is 2. The average Bonchev–Trinajstić information content (AvgIpc) is 3.35. The summed E-state index contributed by atoms with van der Waals surface area (Å²) in [6, 6.07) is 7.25. The summed E-state index contributed by atoms with van der Waals surface area (Å²) in [5.74, 6) is 0.831. The van der Waals surface area contributed by atoms with Crippen LogP contribution in [0.5, 0.6) is 5.75 Å². The van der Waals surface area contributed by atoms with Crippen molar-refractivity contribution in [1.82, 2.24) is 24.8 Å². The lowest BCUT2D eigenvalue weighted by molar-refractivity contribution is 0.134. The number of nitrogens with zero attached hydrogens (tertiary/aromatic N) is 4. The van der Waals surface area contributed by atoms with Crippen LogP contribution in [0.4, 0.5) is 11.5 Å². The van der Waals surface area contributed by atoms with Crippen molar-refractivity contribution in [2.75, 3.05) is 31.5 Å². The zero-order chi connectivity index (χ0) is 19.5. The van der Waals surface area contributed by atoms with Gasteiger partial charge in [0.2, 0.25) is 0 Å². The van der Waals surface area contributed by atoms with Gasteiger partial charge in [0.25, 0.3) is 0 Å². The van der Waals surface area contributed by atoms with E-state index in [1.165, 1.54) is 19.2 Å². The molecule has 1 aliphatic heterocycles. The zero-order valence-electron chi connectivity index (χ0n) is 16.0. The molecule has 0 bridgehead atoms. The Balaban J connectivity index is 1.47. The number of fused-ring (bicyclic) bond motifs is 1. The predicted octanol–water partition coefficient (Wildman–Crippen LogP) is 2.16. The number of aromatic hydroxyl groups is 1. The minimum Gasteiger partial charge on any atom is -0.508 e. The molecule has 0 aliphatic carbocycles. The topological polar surface area (TPSA) is 98.0 Å². The Morgan fingerprint density at radius 3 is 2.82 bits per heavy atom. The van der Waals surface area contributed by atoms with Crippen LogP contribution in [0, 0.1) is 6.92 Å². The van der Waals surface area contributed by atoms with Gasteiger partial charge in [-0.3, -0.25) is 5.32 Å². The normalized spacial score (nSPS) is 15.9. The lowest BCUT2D eigenvalue weighted by atomic mass is 10.2. The molecule has 8 heteroatoms. The predicted molar refractivity (Wildman–Crippen MR) is 108 cm³/mol. The molecule has 4 rings (SSSR count). The Hall–Kier alpha value is -2.68. The van der Waals surface area contributed by atoms with Crippen LogP contribution in [0.2, 0.25) is 0 Å². The molecule has 0 spiro atoms. The van der Waals surface area contributed by atoms with Gasteiger partial charge in [-0.1, -0.05) is 6.07 Å². The Morgan fingerprint density at radius 2 is 2.04 bits per heavy atom. The maximum atomic E-state index is 10.5. The number of benzene rings is 1. The molecular weight excluding hydrogens is 356 g/mol. The fourth-order valence-corrected chi connectivity index (χ4v) is 3.50. The highest BCUT2D eigenvalue weighted by atomic mass is 16.3. The number of aryl methyl sites for hydroxylation is 1. The van der Waals surface area contributed by atoms with E-state index in [4.69, 9.17) is 0 Å². The number of anilines is 2. The number of aliphatic hydroxyl groups excluding tert-OH is 1. The third kappa shape index (κ3) is 4.09. The molecule has 1 saturated heterocycles. The van der Waals surface area contributed by atoms with E-state index < -0.39 is 6.23 Å². The first-order valence-electron chi connectivity index (χ1n) is 9.64. The van der Waals surface area contributed by atoms with Gasteiger partial charge in [0, 0.05) is 36.6 Å². The van der Waals surface area contributed by atoms with Gasteiger partial charge in [-0.15, -0.1) is 0 Å². The number of likely N-dealkylation sites (tertiary alicyclic amines) is 1. The fraction of sp³-hybridized carbons (Fsp3) is 0.400. The third-order valence-electron chi connectivity index (χ3n) is 5.18. The molecule has 1 aromatic carbocycles. The number of phenolic OH excluding ortho intramolecular Hbond substituents is 1. The fourth-order valence-electron chi connectivity index (χ4n) is 3.50. The van der Waals surface area contributed by atoms with E-state index in [1.54, 1.807) is 16.8 Å². The van der Waals surface area contributed by atoms with Gasteiger partial charge >= 0.3 is 0 Å². The van der Waals surface area contributed by atoms with Crippen LogP contribution in [0.15, 0.2) is 36.8 Å². The number of aliphatic hydroxyl groups is 1. The largest absolute Gasteiger partial charge is 0.508 e. The highest BCUT2D eigenvalue weighted by molar-refractivity contribution is 5.74. The first kappa shape index (κ1) is 18.7. The molecule has 3 aromatic rings. The molecule has 28 heavy (non-hydrogen) atoms. The smallest absolute Gasteiger partial charge is 0.158 e. The first-order valence-corrected chi connectivity index (χ1v) is 9.64. The van der Waals surface area contributed by atoms with Gasteiger partial charge in [0.15, 0.2) is 5.82 Å². The van der Waals surface area contributed by atoms with Crippen LogP contribution < -0.4 is 10.6 Å². The lowest BCUT2D eigenvalue weighted by Gasteiger charge is -2.17. The molecule has 0 radical (unpaired) electrons. The number of hydrogen-bond acceptors (Lipinski definition) is 7. The maximum absolute atomic E-state index is 10.5. The molecule has 2 aromatic heterocycles. The zero-order valence-corrected chi connectivity index (χ0v) is 16.0. The van der Waals surface area contributed by atoms with Gasteiger partial charge in [-0.05, 0) is 50.6 Å². The number of phenols is 1. The van der Waals surface area contributed by atoms with Gasteiger partial charge in [-0.2, -0.15) is 5.10 Å². The summed E-state index contributed by atoms with van der Waals surface area (Å²) in [5.41, 5.74) is 3.02. The van der Waals surface area contributed by atoms with Gasteiger partial charge < -0.3 is 20.4 Å². The Kier molecular flexibility index (Phi) is 5.43. The molecule has 8 nitrogen and oxygen atoms in total. The van der Waals surface area contributed by atoms with Crippen molar-refractivity contribution in [3.05, 3.63) is 47.9 Å². The van der Waals surface area contributed by atoms with E-state index in [9.17, 15) is 10.2 Å². The van der Waals surface area contributed by atoms with Crippen LogP contribution in [0.25, 0.3) is 5.52 Å². The van der Waals surface area contributed by atoms with Crippen molar-refractivity contribution in [2.45, 2.75) is 26.0 Å². The average molecular weight is 382 g/mol. The Bertz CT molecular complexity index is 951. The molecule has 0 saturated carbocycles. The van der Waals surface area contributed by atoms with Crippen LogP contribution in [0.3, 0.4) is 0 Å². The van der Waals surface area contributed by atoms with Gasteiger partial charge in [-0.25, -0.2) is 9.50 Å². The Labute approximate surface area is 163 Å². The maximum Gasteiger partial charge on any atom is 0.158 e. The van der Waals surface area contributed by atoms with Crippen LogP contribution in [0.1, 0.15) is 30.2 Å². The van der Waals surface area contributed by atoms with E-state index in [0.717, 1.165) is 48.5 Å². The standard InChI is InChI=1S/C20H26N6O2/c1-14-4-5-16(11-18(14)27)24-19-17-10-15(12-26(17)23-13-22-19)20(28)21-6-9-25-7-2-3-8-25/h4-5,10-13,20-21,27-28H,2-3,6-9H2,1H3,(H,22,23,24)/t20-/m0/s1. The first-order chi connectivity index (χ1) is 13.6. The minimum absolute atomic E-state index is 0.226. The van der Waals surface area contributed by atoms with Crippen molar-refractivity contribution in [3.63, 3.8) is 0 Å². The summed E-state index contributed by atoms with van der Waals surface area (Å²) < 4.78 is 1.68. The quantitative estimate of drug-likeness (QED) is 0.465. The number of aromatic nitrogens is 3. The summed E-state index contributed by atoms with van der Waals surface area (Å²) in [7, 11) is 0. The van der Waals surface area contributed by atoms with E-state index in [0.29, 0.717) is 5.82 Å². The molecule has 1 fully saturated rings. The van der Waals surface area contributed by atoms with Crippen molar-refractivity contribution in [2.24, 2.45) is 0 Å². The second kappa shape index (κ2) is 8.14. The summed E-state index contributed by atoms with van der Waals surface area (Å²) in [6.07, 6.45) is 5.02. The van der Waals surface area contributed by atoms with Crippen molar-refractivity contribution in [3.8, 4) is 5.75 Å². The van der Waals surface area contributed by atoms with Crippen molar-refractivity contribution >= 4 is 17.0 Å².